The molecule has 0 unspecified atom stereocenters. The summed E-state index contributed by atoms with van der Waals surface area (Å²) in [6, 6.07) is 21.0. The van der Waals surface area contributed by atoms with Crippen molar-refractivity contribution >= 4 is 35.2 Å². The van der Waals surface area contributed by atoms with Crippen LogP contribution in [0.4, 0.5) is 11.4 Å². The van der Waals surface area contributed by atoms with E-state index in [1.807, 2.05) is 0 Å². The maximum absolute atomic E-state index is 13.0. The fourth-order valence-electron chi connectivity index (χ4n) is 2.97. The van der Waals surface area contributed by atoms with Crippen LogP contribution in [0.3, 0.4) is 0 Å². The van der Waals surface area contributed by atoms with E-state index in [2.05, 4.69) is 4.99 Å². The number of para-hydroxylation sites is 1. The number of hydrogen-bond acceptors (Lipinski definition) is 5. The first-order chi connectivity index (χ1) is 15.8. The molecule has 3 aromatic carbocycles. The predicted molar refractivity (Wildman–Crippen MR) is 124 cm³/mol. The molecule has 3 aromatic rings. The van der Waals surface area contributed by atoms with Crippen LogP contribution in [0.2, 0.25) is 0 Å². The second-order valence-corrected chi connectivity index (χ2v) is 6.93. The van der Waals surface area contributed by atoms with E-state index in [0.29, 0.717) is 22.7 Å². The van der Waals surface area contributed by atoms with Crippen molar-refractivity contribution in [2.45, 2.75) is 6.42 Å². The Kier molecular flexibility index (Phi) is 7.38. The number of ether oxygens (including phenoxy) is 1. The van der Waals surface area contributed by atoms with Crippen molar-refractivity contribution in [1.82, 2.24) is 0 Å². The molecule has 0 atom stereocenters. The van der Waals surface area contributed by atoms with Crippen molar-refractivity contribution in [3.8, 4) is 5.75 Å². The number of nitrogens with zero attached hydrogens (tertiary/aromatic N) is 2. The van der Waals surface area contributed by atoms with Gasteiger partial charge >= 0.3 is 11.9 Å². The fourth-order valence-corrected chi connectivity index (χ4v) is 2.97. The average Bonchev–Trinajstić information content (AvgIpc) is 2.80. The molecule has 0 aromatic heterocycles. The van der Waals surface area contributed by atoms with Crippen molar-refractivity contribution in [3.05, 3.63) is 90.0 Å². The molecule has 9 heteroatoms. The topological polar surface area (TPSA) is 148 Å². The van der Waals surface area contributed by atoms with Crippen LogP contribution in [-0.2, 0) is 4.79 Å². The number of esters is 1. The molecule has 33 heavy (non-hydrogen) atoms. The Morgan fingerprint density at radius 1 is 0.848 bits per heavy atom. The monoisotopic (exact) mass is 446 g/mol. The number of nitrogens with two attached hydrogens (primary N) is 2. The number of carbonyl (C=O) groups is 3. The van der Waals surface area contributed by atoms with Gasteiger partial charge in [0.25, 0.3) is 5.91 Å². The molecule has 0 aliphatic carbocycles. The third-order valence-electron chi connectivity index (χ3n) is 4.54. The van der Waals surface area contributed by atoms with Gasteiger partial charge in [-0.05, 0) is 60.7 Å². The lowest BCUT2D eigenvalue weighted by Gasteiger charge is -2.22. The highest BCUT2D eigenvalue weighted by Crippen LogP contribution is 2.20. The minimum atomic E-state index is -1.01. The molecule has 0 aliphatic heterocycles. The number of rotatable bonds is 8. The summed E-state index contributed by atoms with van der Waals surface area (Å²) in [6.07, 6.45) is -0.201. The second kappa shape index (κ2) is 10.6. The van der Waals surface area contributed by atoms with E-state index >= 15 is 0 Å². The molecule has 0 saturated carbocycles. The minimum absolute atomic E-state index is 0.0117. The van der Waals surface area contributed by atoms with Crippen LogP contribution in [0.15, 0.2) is 83.9 Å². The predicted octanol–water partition coefficient (Wildman–Crippen LogP) is 2.93. The van der Waals surface area contributed by atoms with Crippen LogP contribution in [0.5, 0.6) is 5.75 Å². The van der Waals surface area contributed by atoms with Gasteiger partial charge in [0.1, 0.15) is 5.75 Å². The number of aliphatic carboxylic acids is 1. The van der Waals surface area contributed by atoms with Gasteiger partial charge in [0, 0.05) is 17.8 Å². The molecule has 168 valence electrons. The van der Waals surface area contributed by atoms with E-state index < -0.39 is 11.9 Å². The van der Waals surface area contributed by atoms with Crippen LogP contribution in [0.25, 0.3) is 0 Å². The smallest absolute Gasteiger partial charge is 0.343 e. The van der Waals surface area contributed by atoms with E-state index in [0.717, 1.165) is 0 Å². The Balaban J connectivity index is 1.72. The standard InChI is InChI=1S/C24H22N4O5/c25-24(26)27-18-10-12-20(13-11-18)33-23(32)17-8-6-16(7-9-17)22(31)28(15-14-21(29)30)19-4-2-1-3-5-19/h1-13H,14-15H2,(H,29,30)(H4,25,26,27). The van der Waals surface area contributed by atoms with Crippen molar-refractivity contribution in [3.63, 3.8) is 0 Å². The van der Waals surface area contributed by atoms with Gasteiger partial charge in [-0.25, -0.2) is 9.79 Å². The molecule has 5 N–H and O–H groups in total. The van der Waals surface area contributed by atoms with Gasteiger partial charge in [0.15, 0.2) is 5.96 Å². The molecular weight excluding hydrogens is 424 g/mol. The largest absolute Gasteiger partial charge is 0.481 e. The summed E-state index contributed by atoms with van der Waals surface area (Å²) in [4.78, 5) is 41.8. The van der Waals surface area contributed by atoms with E-state index in [1.165, 1.54) is 29.2 Å². The zero-order valence-electron chi connectivity index (χ0n) is 17.5. The van der Waals surface area contributed by atoms with Crippen molar-refractivity contribution in [2.24, 2.45) is 16.5 Å². The van der Waals surface area contributed by atoms with Crippen molar-refractivity contribution in [2.75, 3.05) is 11.4 Å². The van der Waals surface area contributed by atoms with Crippen LogP contribution in [0.1, 0.15) is 27.1 Å². The molecule has 0 spiro atoms. The summed E-state index contributed by atoms with van der Waals surface area (Å²) < 4.78 is 5.33. The molecule has 0 radical (unpaired) electrons. The van der Waals surface area contributed by atoms with Gasteiger partial charge in [0.2, 0.25) is 0 Å². The molecule has 1 amide bonds. The Bertz CT molecular complexity index is 1160. The van der Waals surface area contributed by atoms with E-state index in [4.69, 9.17) is 21.3 Å². The maximum Gasteiger partial charge on any atom is 0.343 e. The van der Waals surface area contributed by atoms with Gasteiger partial charge < -0.3 is 26.2 Å². The molecule has 3 rings (SSSR count). The normalized spacial score (nSPS) is 10.2. The van der Waals surface area contributed by atoms with Crippen LogP contribution < -0.4 is 21.1 Å². The molecule has 0 heterocycles. The van der Waals surface area contributed by atoms with Crippen molar-refractivity contribution < 1.29 is 24.2 Å². The van der Waals surface area contributed by atoms with Crippen LogP contribution in [0, 0.1) is 0 Å². The van der Waals surface area contributed by atoms with Crippen LogP contribution >= 0.6 is 0 Å². The van der Waals surface area contributed by atoms with Gasteiger partial charge in [-0.1, -0.05) is 18.2 Å². The number of carboxylic acid groups (broad SMARTS) is 1. The number of carbonyl (C=O) groups excluding carboxylic acids is 2. The zero-order chi connectivity index (χ0) is 23.8. The zero-order valence-corrected chi connectivity index (χ0v) is 17.5. The number of carboxylic acids is 1. The summed E-state index contributed by atoms with van der Waals surface area (Å²) in [5.41, 5.74) is 12.3. The third kappa shape index (κ3) is 6.41. The summed E-state index contributed by atoms with van der Waals surface area (Å²) in [5, 5.41) is 9.03. The number of amides is 1. The van der Waals surface area contributed by atoms with E-state index in [9.17, 15) is 14.4 Å². The molecule has 0 fully saturated rings. The minimum Gasteiger partial charge on any atom is -0.481 e. The maximum atomic E-state index is 13.0. The molecule has 0 bridgehead atoms. The number of aliphatic imine (C=N–C) groups is 1. The Labute approximate surface area is 189 Å². The SMILES string of the molecule is NC(N)=Nc1ccc(OC(=O)c2ccc(C(=O)N(CCC(=O)O)c3ccccc3)cc2)cc1. The summed E-state index contributed by atoms with van der Waals surface area (Å²) in [7, 11) is 0. The summed E-state index contributed by atoms with van der Waals surface area (Å²) in [6.45, 7) is 0.0117. The lowest BCUT2D eigenvalue weighted by molar-refractivity contribution is -0.136. The lowest BCUT2D eigenvalue weighted by Crippen LogP contribution is -2.33. The second-order valence-electron chi connectivity index (χ2n) is 6.93. The van der Waals surface area contributed by atoms with Gasteiger partial charge in [-0.3, -0.25) is 9.59 Å². The molecule has 0 aliphatic rings. The first-order valence-corrected chi connectivity index (χ1v) is 9.94. The molecular formula is C24H22N4O5. The number of anilines is 1. The van der Waals surface area contributed by atoms with Gasteiger partial charge in [0.05, 0.1) is 17.7 Å². The quantitative estimate of drug-likeness (QED) is 0.208. The Morgan fingerprint density at radius 2 is 1.45 bits per heavy atom. The number of benzene rings is 3. The highest BCUT2D eigenvalue weighted by molar-refractivity contribution is 6.06. The number of hydrogen-bond donors (Lipinski definition) is 3. The Hall–Kier alpha value is -4.66. The van der Waals surface area contributed by atoms with Crippen LogP contribution in [-0.4, -0.2) is 35.5 Å². The molecule has 9 nitrogen and oxygen atoms in total. The lowest BCUT2D eigenvalue weighted by atomic mass is 10.1. The Morgan fingerprint density at radius 3 is 2.03 bits per heavy atom. The first kappa shape index (κ1) is 23.0. The van der Waals surface area contributed by atoms with Gasteiger partial charge in [-0.2, -0.15) is 0 Å². The molecule has 0 saturated heterocycles. The van der Waals surface area contributed by atoms with E-state index in [-0.39, 0.29) is 30.4 Å². The number of guanidine groups is 1. The third-order valence-corrected chi connectivity index (χ3v) is 4.54. The summed E-state index contributed by atoms with van der Waals surface area (Å²) in [5.74, 6) is -1.76. The van der Waals surface area contributed by atoms with Crippen molar-refractivity contribution in [1.29, 1.82) is 0 Å². The van der Waals surface area contributed by atoms with Gasteiger partial charge in [-0.15, -0.1) is 0 Å². The first-order valence-electron chi connectivity index (χ1n) is 9.94. The van der Waals surface area contributed by atoms with E-state index in [1.54, 1.807) is 54.6 Å². The summed E-state index contributed by atoms with van der Waals surface area (Å²) >= 11 is 0. The average molecular weight is 446 g/mol. The fraction of sp³-hybridized carbons (Fsp3) is 0.0833. The highest BCUT2D eigenvalue weighted by atomic mass is 16.5. The highest BCUT2D eigenvalue weighted by Gasteiger charge is 2.19.